The SMILES string of the molecule is O=C(NCc1ccccc1)NCc1nc(-c2cccc(Cl)c2)no1. The molecule has 24 heavy (non-hydrogen) atoms. The van der Waals surface area contributed by atoms with Crippen LogP contribution in [0.1, 0.15) is 11.5 Å². The fraction of sp³-hybridized carbons (Fsp3) is 0.118. The van der Waals surface area contributed by atoms with E-state index < -0.39 is 0 Å². The van der Waals surface area contributed by atoms with Crippen molar-refractivity contribution in [2.45, 2.75) is 13.1 Å². The lowest BCUT2D eigenvalue weighted by molar-refractivity contribution is 0.238. The molecular formula is C17H15ClN4O2. The molecule has 0 saturated heterocycles. The second kappa shape index (κ2) is 7.61. The van der Waals surface area contributed by atoms with Crippen LogP contribution in [0, 0.1) is 0 Å². The van der Waals surface area contributed by atoms with Crippen molar-refractivity contribution in [1.82, 2.24) is 20.8 Å². The molecule has 0 aliphatic carbocycles. The molecular weight excluding hydrogens is 328 g/mol. The molecule has 6 nitrogen and oxygen atoms in total. The van der Waals surface area contributed by atoms with Crippen molar-refractivity contribution >= 4 is 17.6 Å². The number of rotatable bonds is 5. The Morgan fingerprint density at radius 1 is 1.04 bits per heavy atom. The number of nitrogens with one attached hydrogen (secondary N) is 2. The summed E-state index contributed by atoms with van der Waals surface area (Å²) < 4.78 is 5.13. The molecule has 122 valence electrons. The molecule has 3 rings (SSSR count). The summed E-state index contributed by atoms with van der Waals surface area (Å²) >= 11 is 5.94. The van der Waals surface area contributed by atoms with E-state index in [4.69, 9.17) is 16.1 Å². The predicted octanol–water partition coefficient (Wildman–Crippen LogP) is 3.39. The number of carbonyl (C=O) groups is 1. The Kier molecular flexibility index (Phi) is 5.08. The van der Waals surface area contributed by atoms with Crippen LogP contribution in [-0.2, 0) is 13.1 Å². The Labute approximate surface area is 143 Å². The Morgan fingerprint density at radius 3 is 2.62 bits per heavy atom. The summed E-state index contributed by atoms with van der Waals surface area (Å²) in [6.07, 6.45) is 0. The molecule has 0 unspecified atom stereocenters. The zero-order valence-electron chi connectivity index (χ0n) is 12.7. The maximum atomic E-state index is 11.8. The van der Waals surface area contributed by atoms with Gasteiger partial charge in [0.1, 0.15) is 0 Å². The first-order chi connectivity index (χ1) is 11.7. The first-order valence-corrected chi connectivity index (χ1v) is 7.72. The molecule has 0 aliphatic heterocycles. The van der Waals surface area contributed by atoms with E-state index >= 15 is 0 Å². The van der Waals surface area contributed by atoms with E-state index in [1.165, 1.54) is 0 Å². The first kappa shape index (κ1) is 16.0. The minimum atomic E-state index is -0.304. The van der Waals surface area contributed by atoms with Crippen molar-refractivity contribution in [1.29, 1.82) is 0 Å². The maximum absolute atomic E-state index is 11.8. The third-order valence-electron chi connectivity index (χ3n) is 3.25. The molecule has 0 saturated carbocycles. The fourth-order valence-electron chi connectivity index (χ4n) is 2.07. The standard InChI is InChI=1S/C17H15ClN4O2/c18-14-8-4-7-13(9-14)16-21-15(24-22-16)11-20-17(23)19-10-12-5-2-1-3-6-12/h1-9H,10-11H2,(H2,19,20,23). The van der Waals surface area contributed by atoms with Crippen molar-refractivity contribution < 1.29 is 9.32 Å². The summed E-state index contributed by atoms with van der Waals surface area (Å²) in [4.78, 5) is 16.0. The summed E-state index contributed by atoms with van der Waals surface area (Å²) in [6.45, 7) is 0.596. The molecule has 0 spiro atoms. The van der Waals surface area contributed by atoms with Crippen LogP contribution in [0.4, 0.5) is 4.79 Å². The molecule has 1 heterocycles. The van der Waals surface area contributed by atoms with E-state index in [0.717, 1.165) is 11.1 Å². The van der Waals surface area contributed by atoms with Crippen molar-refractivity contribution in [3.05, 3.63) is 71.1 Å². The number of benzene rings is 2. The summed E-state index contributed by atoms with van der Waals surface area (Å²) in [7, 11) is 0. The molecule has 0 radical (unpaired) electrons. The number of nitrogens with zero attached hydrogens (tertiary/aromatic N) is 2. The minimum absolute atomic E-state index is 0.147. The smallest absolute Gasteiger partial charge is 0.315 e. The number of urea groups is 1. The van der Waals surface area contributed by atoms with Gasteiger partial charge in [0.05, 0.1) is 6.54 Å². The summed E-state index contributed by atoms with van der Waals surface area (Å²) in [5, 5.41) is 9.91. The number of halogens is 1. The van der Waals surface area contributed by atoms with Crippen LogP contribution in [0.5, 0.6) is 0 Å². The summed E-state index contributed by atoms with van der Waals surface area (Å²) in [5.74, 6) is 0.749. The van der Waals surface area contributed by atoms with Gasteiger partial charge in [-0.15, -0.1) is 0 Å². The molecule has 1 aromatic heterocycles. The van der Waals surface area contributed by atoms with Crippen molar-refractivity contribution in [2.24, 2.45) is 0 Å². The molecule has 2 amide bonds. The lowest BCUT2D eigenvalue weighted by atomic mass is 10.2. The van der Waals surface area contributed by atoms with Crippen LogP contribution in [0.3, 0.4) is 0 Å². The normalized spacial score (nSPS) is 10.4. The van der Waals surface area contributed by atoms with E-state index in [0.29, 0.717) is 23.3 Å². The Hall–Kier alpha value is -2.86. The lowest BCUT2D eigenvalue weighted by Crippen LogP contribution is -2.34. The zero-order chi connectivity index (χ0) is 16.8. The number of hydrogen-bond donors (Lipinski definition) is 2. The van der Waals surface area contributed by atoms with E-state index in [9.17, 15) is 4.79 Å². The van der Waals surface area contributed by atoms with Crippen molar-refractivity contribution in [2.75, 3.05) is 0 Å². The van der Waals surface area contributed by atoms with Gasteiger partial charge in [0.2, 0.25) is 11.7 Å². The molecule has 0 fully saturated rings. The van der Waals surface area contributed by atoms with Crippen LogP contribution in [-0.4, -0.2) is 16.2 Å². The summed E-state index contributed by atoms with van der Waals surface area (Å²) in [6, 6.07) is 16.5. The van der Waals surface area contributed by atoms with Gasteiger partial charge in [-0.1, -0.05) is 59.2 Å². The van der Waals surface area contributed by atoms with E-state index in [1.54, 1.807) is 12.1 Å². The predicted molar refractivity (Wildman–Crippen MR) is 90.3 cm³/mol. The molecule has 0 bridgehead atoms. The molecule has 2 aromatic carbocycles. The topological polar surface area (TPSA) is 80.0 Å². The highest BCUT2D eigenvalue weighted by Gasteiger charge is 2.10. The molecule has 0 atom stereocenters. The van der Waals surface area contributed by atoms with Gasteiger partial charge in [0, 0.05) is 17.1 Å². The van der Waals surface area contributed by atoms with Crippen LogP contribution in [0.25, 0.3) is 11.4 Å². The van der Waals surface area contributed by atoms with Gasteiger partial charge < -0.3 is 15.2 Å². The number of hydrogen-bond acceptors (Lipinski definition) is 4. The van der Waals surface area contributed by atoms with Crippen molar-refractivity contribution in [3.8, 4) is 11.4 Å². The maximum Gasteiger partial charge on any atom is 0.315 e. The second-order valence-corrected chi connectivity index (χ2v) is 5.48. The monoisotopic (exact) mass is 342 g/mol. The van der Waals surface area contributed by atoms with E-state index in [2.05, 4.69) is 20.8 Å². The zero-order valence-corrected chi connectivity index (χ0v) is 13.5. The van der Waals surface area contributed by atoms with Gasteiger partial charge in [-0.3, -0.25) is 0 Å². The quantitative estimate of drug-likeness (QED) is 0.744. The van der Waals surface area contributed by atoms with Gasteiger partial charge in [-0.05, 0) is 17.7 Å². The number of aromatic nitrogens is 2. The van der Waals surface area contributed by atoms with Crippen LogP contribution in [0.15, 0.2) is 59.1 Å². The highest BCUT2D eigenvalue weighted by atomic mass is 35.5. The van der Waals surface area contributed by atoms with Gasteiger partial charge >= 0.3 is 6.03 Å². The van der Waals surface area contributed by atoms with Gasteiger partial charge in [0.25, 0.3) is 0 Å². The average Bonchev–Trinajstić information content (AvgIpc) is 3.08. The van der Waals surface area contributed by atoms with Crippen LogP contribution in [0.2, 0.25) is 5.02 Å². The molecule has 0 aliphatic rings. The largest absolute Gasteiger partial charge is 0.337 e. The summed E-state index contributed by atoms with van der Waals surface area (Å²) in [5.41, 5.74) is 1.78. The highest BCUT2D eigenvalue weighted by Crippen LogP contribution is 2.19. The van der Waals surface area contributed by atoms with Crippen LogP contribution >= 0.6 is 11.6 Å². The highest BCUT2D eigenvalue weighted by molar-refractivity contribution is 6.30. The number of amides is 2. The molecule has 3 aromatic rings. The van der Waals surface area contributed by atoms with Gasteiger partial charge in [0.15, 0.2) is 0 Å². The average molecular weight is 343 g/mol. The Balaban J connectivity index is 1.51. The Bertz CT molecular complexity index is 820. The van der Waals surface area contributed by atoms with Gasteiger partial charge in [-0.25, -0.2) is 4.79 Å². The Morgan fingerprint density at radius 2 is 1.83 bits per heavy atom. The molecule has 7 heteroatoms. The third kappa shape index (κ3) is 4.33. The minimum Gasteiger partial charge on any atom is -0.337 e. The van der Waals surface area contributed by atoms with Crippen LogP contribution < -0.4 is 10.6 Å². The van der Waals surface area contributed by atoms with Gasteiger partial charge in [-0.2, -0.15) is 4.98 Å². The third-order valence-corrected chi connectivity index (χ3v) is 3.48. The number of carbonyl (C=O) groups excluding carboxylic acids is 1. The molecule has 2 N–H and O–H groups in total. The fourth-order valence-corrected chi connectivity index (χ4v) is 2.26. The second-order valence-electron chi connectivity index (χ2n) is 5.04. The van der Waals surface area contributed by atoms with E-state index in [-0.39, 0.29) is 12.6 Å². The lowest BCUT2D eigenvalue weighted by Gasteiger charge is -2.05. The van der Waals surface area contributed by atoms with Crippen molar-refractivity contribution in [3.63, 3.8) is 0 Å². The van der Waals surface area contributed by atoms with E-state index in [1.807, 2.05) is 42.5 Å². The first-order valence-electron chi connectivity index (χ1n) is 7.35.